The molecule has 0 aliphatic rings. The lowest BCUT2D eigenvalue weighted by Crippen LogP contribution is -1.71. The van der Waals surface area contributed by atoms with E-state index in [4.69, 9.17) is 5.11 Å². The van der Waals surface area contributed by atoms with Gasteiger partial charge in [-0.2, -0.15) is 0 Å². The van der Waals surface area contributed by atoms with Crippen molar-refractivity contribution >= 4 is 21.6 Å². The molecule has 3 heteroatoms. The zero-order valence-electron chi connectivity index (χ0n) is 12.7. The number of rotatable bonds is 2. The Morgan fingerprint density at radius 3 is 2.50 bits per heavy atom. The van der Waals surface area contributed by atoms with E-state index < -0.39 is 0 Å². The standard InChI is InChI=1S/C8H7NS.C7H10O.C2H6/c1-6-2-3-7-8(4-6)10-5-9-7;1-4-7(8)5-6(2)3;1-2/h2-5H,1H3;4-5,8H,1-2H2,3H3;1-2H3/b;7-5+;. The minimum absolute atomic E-state index is 0.164. The molecular weight excluding hydrogens is 266 g/mol. The summed E-state index contributed by atoms with van der Waals surface area (Å²) < 4.78 is 1.28. The first-order chi connectivity index (χ1) is 9.52. The van der Waals surface area contributed by atoms with E-state index in [2.05, 4.69) is 43.3 Å². The first kappa shape index (κ1) is 18.1. The molecule has 0 aliphatic heterocycles. The van der Waals surface area contributed by atoms with E-state index in [-0.39, 0.29) is 5.76 Å². The molecule has 20 heavy (non-hydrogen) atoms. The second-order valence-corrected chi connectivity index (χ2v) is 4.83. The van der Waals surface area contributed by atoms with Gasteiger partial charge >= 0.3 is 0 Å². The van der Waals surface area contributed by atoms with Gasteiger partial charge in [0.05, 0.1) is 15.7 Å². The van der Waals surface area contributed by atoms with Crippen molar-refractivity contribution in [3.8, 4) is 0 Å². The quantitative estimate of drug-likeness (QED) is 0.558. The molecule has 1 N–H and O–H groups in total. The summed E-state index contributed by atoms with van der Waals surface area (Å²) in [6.07, 6.45) is 2.92. The van der Waals surface area contributed by atoms with Gasteiger partial charge in [0, 0.05) is 0 Å². The minimum Gasteiger partial charge on any atom is -0.508 e. The monoisotopic (exact) mass is 289 g/mol. The SMILES string of the molecule is C=C/C(O)=C\C(=C)C.CC.Cc1ccc2ncsc2c1. The van der Waals surface area contributed by atoms with Crippen LogP contribution in [0.25, 0.3) is 10.2 Å². The Morgan fingerprint density at radius 1 is 1.35 bits per heavy atom. The summed E-state index contributed by atoms with van der Waals surface area (Å²) in [5, 5.41) is 8.71. The van der Waals surface area contributed by atoms with Crippen LogP contribution in [-0.2, 0) is 0 Å². The highest BCUT2D eigenvalue weighted by molar-refractivity contribution is 7.16. The van der Waals surface area contributed by atoms with E-state index in [1.807, 2.05) is 19.4 Å². The van der Waals surface area contributed by atoms with Crippen molar-refractivity contribution in [2.45, 2.75) is 27.7 Å². The van der Waals surface area contributed by atoms with E-state index in [0.717, 1.165) is 11.1 Å². The van der Waals surface area contributed by atoms with Gasteiger partial charge in [-0.05, 0) is 43.7 Å². The van der Waals surface area contributed by atoms with Gasteiger partial charge in [-0.1, -0.05) is 38.6 Å². The molecule has 108 valence electrons. The molecule has 1 heterocycles. The van der Waals surface area contributed by atoms with Gasteiger partial charge in [-0.15, -0.1) is 11.3 Å². The lowest BCUT2D eigenvalue weighted by molar-refractivity contribution is 0.432. The first-order valence-corrected chi connectivity index (χ1v) is 7.39. The average Bonchev–Trinajstić information content (AvgIpc) is 2.88. The minimum atomic E-state index is 0.164. The zero-order valence-corrected chi connectivity index (χ0v) is 13.5. The molecule has 0 atom stereocenters. The molecule has 0 aliphatic carbocycles. The molecule has 2 nitrogen and oxygen atoms in total. The number of aliphatic hydroxyl groups excluding tert-OH is 1. The van der Waals surface area contributed by atoms with Crippen molar-refractivity contribution in [1.29, 1.82) is 0 Å². The van der Waals surface area contributed by atoms with Crippen molar-refractivity contribution in [3.05, 3.63) is 65.9 Å². The molecule has 0 unspecified atom stereocenters. The van der Waals surface area contributed by atoms with Gasteiger partial charge in [0.2, 0.25) is 0 Å². The third-order valence-corrected chi connectivity index (χ3v) is 2.88. The van der Waals surface area contributed by atoms with Crippen LogP contribution in [-0.4, -0.2) is 10.1 Å². The number of thiazole rings is 1. The Balaban J connectivity index is 0.000000330. The van der Waals surface area contributed by atoms with Crippen molar-refractivity contribution in [3.63, 3.8) is 0 Å². The molecule has 0 radical (unpaired) electrons. The highest BCUT2D eigenvalue weighted by atomic mass is 32.1. The number of aromatic nitrogens is 1. The fourth-order valence-corrected chi connectivity index (χ4v) is 2.05. The van der Waals surface area contributed by atoms with Crippen LogP contribution in [0.1, 0.15) is 26.3 Å². The van der Waals surface area contributed by atoms with Crippen LogP contribution in [0.4, 0.5) is 0 Å². The molecule has 0 saturated heterocycles. The number of fused-ring (bicyclic) bond motifs is 1. The van der Waals surface area contributed by atoms with Gasteiger partial charge < -0.3 is 5.11 Å². The van der Waals surface area contributed by atoms with Crippen molar-refractivity contribution in [1.82, 2.24) is 4.98 Å². The van der Waals surface area contributed by atoms with Crippen LogP contribution < -0.4 is 0 Å². The van der Waals surface area contributed by atoms with Crippen molar-refractivity contribution < 1.29 is 5.11 Å². The highest BCUT2D eigenvalue weighted by Gasteiger charge is 1.93. The van der Waals surface area contributed by atoms with Gasteiger partial charge in [0.1, 0.15) is 5.76 Å². The van der Waals surface area contributed by atoms with Gasteiger partial charge in [-0.25, -0.2) is 4.98 Å². The largest absolute Gasteiger partial charge is 0.508 e. The topological polar surface area (TPSA) is 33.1 Å². The van der Waals surface area contributed by atoms with Crippen LogP contribution in [0.3, 0.4) is 0 Å². The molecule has 0 fully saturated rings. The van der Waals surface area contributed by atoms with E-state index >= 15 is 0 Å². The third-order valence-electron chi connectivity index (χ3n) is 2.09. The van der Waals surface area contributed by atoms with E-state index in [1.54, 1.807) is 24.3 Å². The summed E-state index contributed by atoms with van der Waals surface area (Å²) in [6.45, 7) is 14.8. The molecule has 0 bridgehead atoms. The molecule has 1 aromatic carbocycles. The summed E-state index contributed by atoms with van der Waals surface area (Å²) in [5.41, 5.74) is 5.11. The van der Waals surface area contributed by atoms with Crippen LogP contribution in [0.5, 0.6) is 0 Å². The predicted molar refractivity (Wildman–Crippen MR) is 91.4 cm³/mol. The van der Waals surface area contributed by atoms with Crippen LogP contribution in [0.15, 0.2) is 60.4 Å². The summed E-state index contributed by atoms with van der Waals surface area (Å²) in [4.78, 5) is 4.18. The number of aliphatic hydroxyl groups is 1. The Kier molecular flexibility index (Phi) is 9.05. The number of hydrogen-bond donors (Lipinski definition) is 1. The number of allylic oxidation sites excluding steroid dienone is 3. The maximum atomic E-state index is 8.71. The smallest absolute Gasteiger partial charge is 0.115 e. The van der Waals surface area contributed by atoms with E-state index in [0.29, 0.717) is 0 Å². The second kappa shape index (κ2) is 9.98. The lowest BCUT2D eigenvalue weighted by Gasteiger charge is -1.88. The zero-order chi connectivity index (χ0) is 15.5. The molecule has 0 amide bonds. The summed E-state index contributed by atoms with van der Waals surface area (Å²) in [5.74, 6) is 0.164. The Morgan fingerprint density at radius 2 is 2.00 bits per heavy atom. The average molecular weight is 289 g/mol. The summed E-state index contributed by atoms with van der Waals surface area (Å²) in [7, 11) is 0. The van der Waals surface area contributed by atoms with Crippen LogP contribution >= 0.6 is 11.3 Å². The highest BCUT2D eigenvalue weighted by Crippen LogP contribution is 2.18. The number of nitrogens with zero attached hydrogens (tertiary/aromatic N) is 1. The first-order valence-electron chi connectivity index (χ1n) is 6.51. The molecule has 0 saturated carbocycles. The Hall–Kier alpha value is -1.87. The van der Waals surface area contributed by atoms with Crippen molar-refractivity contribution in [2.24, 2.45) is 0 Å². The number of benzene rings is 1. The summed E-state index contributed by atoms with van der Waals surface area (Å²) in [6, 6.07) is 6.30. The van der Waals surface area contributed by atoms with Crippen LogP contribution in [0.2, 0.25) is 0 Å². The molecule has 2 aromatic rings. The Bertz CT molecular complexity index is 581. The predicted octanol–water partition coefficient (Wildman–Crippen LogP) is 5.82. The van der Waals surface area contributed by atoms with Gasteiger partial charge in [0.25, 0.3) is 0 Å². The van der Waals surface area contributed by atoms with Crippen LogP contribution in [0, 0.1) is 6.92 Å². The third kappa shape index (κ3) is 6.90. The van der Waals surface area contributed by atoms with Gasteiger partial charge in [0.15, 0.2) is 0 Å². The van der Waals surface area contributed by atoms with E-state index in [1.165, 1.54) is 16.3 Å². The Labute approximate surface area is 125 Å². The lowest BCUT2D eigenvalue weighted by atomic mass is 10.2. The number of aryl methyl sites for hydroxylation is 1. The van der Waals surface area contributed by atoms with Crippen molar-refractivity contribution in [2.75, 3.05) is 0 Å². The van der Waals surface area contributed by atoms with Gasteiger partial charge in [-0.3, -0.25) is 0 Å². The maximum Gasteiger partial charge on any atom is 0.115 e. The molecule has 2 rings (SSSR count). The molecule has 1 aromatic heterocycles. The fraction of sp³-hybridized carbons (Fsp3) is 0.235. The molecule has 0 spiro atoms. The van der Waals surface area contributed by atoms with E-state index in [9.17, 15) is 0 Å². The molecular formula is C17H23NOS. The number of hydrogen-bond acceptors (Lipinski definition) is 3. The summed E-state index contributed by atoms with van der Waals surface area (Å²) >= 11 is 1.69. The normalized spacial score (nSPS) is 9.90. The second-order valence-electron chi connectivity index (χ2n) is 3.94. The maximum absolute atomic E-state index is 8.71. The fourth-order valence-electron chi connectivity index (χ4n) is 1.27.